The van der Waals surface area contributed by atoms with E-state index in [-0.39, 0.29) is 17.9 Å². The molecule has 0 bridgehead atoms. The van der Waals surface area contributed by atoms with Gasteiger partial charge >= 0.3 is 0 Å². The van der Waals surface area contributed by atoms with Crippen molar-refractivity contribution in [1.82, 2.24) is 5.32 Å². The Morgan fingerprint density at radius 1 is 1.37 bits per heavy atom. The average molecular weight is 260 g/mol. The van der Waals surface area contributed by atoms with Crippen LogP contribution < -0.4 is 11.1 Å². The Morgan fingerprint density at radius 2 is 2.05 bits per heavy atom. The quantitative estimate of drug-likeness (QED) is 0.826. The van der Waals surface area contributed by atoms with Crippen LogP contribution in [0.1, 0.15) is 44.2 Å². The number of benzene rings is 1. The van der Waals surface area contributed by atoms with E-state index in [2.05, 4.69) is 5.32 Å². The summed E-state index contributed by atoms with van der Waals surface area (Å²) in [6, 6.07) is 9.59. The van der Waals surface area contributed by atoms with Crippen LogP contribution in [0.2, 0.25) is 0 Å². The summed E-state index contributed by atoms with van der Waals surface area (Å²) in [5.74, 6) is 0.706. The van der Waals surface area contributed by atoms with Crippen molar-refractivity contribution >= 4 is 5.91 Å². The van der Waals surface area contributed by atoms with E-state index in [1.807, 2.05) is 37.3 Å². The first-order valence-electron chi connectivity index (χ1n) is 7.26. The molecule has 0 aliphatic heterocycles. The highest BCUT2D eigenvalue weighted by Gasteiger charge is 2.22. The van der Waals surface area contributed by atoms with E-state index in [1.54, 1.807) is 0 Å². The summed E-state index contributed by atoms with van der Waals surface area (Å²) >= 11 is 0. The molecule has 1 saturated carbocycles. The van der Waals surface area contributed by atoms with Gasteiger partial charge < -0.3 is 11.1 Å². The Labute approximate surface area is 115 Å². The monoisotopic (exact) mass is 260 g/mol. The van der Waals surface area contributed by atoms with E-state index in [0.717, 1.165) is 24.4 Å². The van der Waals surface area contributed by atoms with Gasteiger partial charge in [0.15, 0.2) is 0 Å². The van der Waals surface area contributed by atoms with Crippen molar-refractivity contribution in [2.24, 2.45) is 17.6 Å². The highest BCUT2D eigenvalue weighted by atomic mass is 16.1. The molecule has 19 heavy (non-hydrogen) atoms. The van der Waals surface area contributed by atoms with Gasteiger partial charge in [0.1, 0.15) is 0 Å². The van der Waals surface area contributed by atoms with Crippen molar-refractivity contribution in [3.05, 3.63) is 35.9 Å². The van der Waals surface area contributed by atoms with Crippen molar-refractivity contribution in [2.75, 3.05) is 6.54 Å². The Kier molecular flexibility index (Phi) is 4.97. The summed E-state index contributed by atoms with van der Waals surface area (Å²) in [5.41, 5.74) is 7.17. The summed E-state index contributed by atoms with van der Waals surface area (Å²) in [4.78, 5) is 12.1. The van der Waals surface area contributed by atoms with E-state index < -0.39 is 0 Å². The highest BCUT2D eigenvalue weighted by molar-refractivity contribution is 5.79. The second-order valence-corrected chi connectivity index (χ2v) is 5.60. The predicted molar refractivity (Wildman–Crippen MR) is 77.5 cm³/mol. The molecule has 0 radical (unpaired) electrons. The maximum atomic E-state index is 12.1. The van der Waals surface area contributed by atoms with Crippen LogP contribution in [0.5, 0.6) is 0 Å². The normalized spacial score (nSPS) is 18.4. The number of nitrogens with two attached hydrogens (primary N) is 1. The van der Waals surface area contributed by atoms with Crippen LogP contribution in [0.4, 0.5) is 0 Å². The minimum absolute atomic E-state index is 0.0654. The molecule has 3 nitrogen and oxygen atoms in total. The average Bonchev–Trinajstić information content (AvgIpc) is 2.40. The zero-order valence-corrected chi connectivity index (χ0v) is 11.6. The molecular formula is C16H24N2O. The Bertz CT molecular complexity index is 400. The van der Waals surface area contributed by atoms with Gasteiger partial charge in [0.25, 0.3) is 0 Å². The van der Waals surface area contributed by atoms with E-state index in [9.17, 15) is 4.79 Å². The number of nitrogens with one attached hydrogen (secondary N) is 1. The van der Waals surface area contributed by atoms with Crippen molar-refractivity contribution < 1.29 is 4.79 Å². The van der Waals surface area contributed by atoms with Gasteiger partial charge in [-0.3, -0.25) is 4.79 Å². The van der Waals surface area contributed by atoms with Gasteiger partial charge in [-0.2, -0.15) is 0 Å². The first kappa shape index (κ1) is 14.1. The van der Waals surface area contributed by atoms with Crippen molar-refractivity contribution in [1.29, 1.82) is 0 Å². The van der Waals surface area contributed by atoms with Crippen LogP contribution in [0.3, 0.4) is 0 Å². The minimum Gasteiger partial charge on any atom is -0.356 e. The van der Waals surface area contributed by atoms with Gasteiger partial charge in [-0.05, 0) is 17.9 Å². The zero-order chi connectivity index (χ0) is 13.7. The molecule has 0 spiro atoms. The van der Waals surface area contributed by atoms with E-state index in [1.165, 1.54) is 19.3 Å². The standard InChI is InChI=1S/C16H24N2O/c1-12(15(17)14-8-3-2-4-9-14)16(19)18-11-10-13-6-5-7-13/h2-4,8-9,12-13,15H,5-7,10-11,17H2,1H3,(H,18,19). The molecule has 0 aromatic heterocycles. The first-order chi connectivity index (χ1) is 9.18. The van der Waals surface area contributed by atoms with Crippen molar-refractivity contribution in [3.63, 3.8) is 0 Å². The number of hydrogen-bond acceptors (Lipinski definition) is 2. The van der Waals surface area contributed by atoms with Gasteiger partial charge in [0.05, 0.1) is 5.92 Å². The number of rotatable bonds is 6. The molecule has 2 unspecified atom stereocenters. The molecule has 1 amide bonds. The maximum Gasteiger partial charge on any atom is 0.224 e. The van der Waals surface area contributed by atoms with Crippen LogP contribution >= 0.6 is 0 Å². The molecule has 1 aliphatic carbocycles. The third-order valence-electron chi connectivity index (χ3n) is 4.21. The van der Waals surface area contributed by atoms with Crippen LogP contribution in [-0.2, 0) is 4.79 Å². The fourth-order valence-electron chi connectivity index (χ4n) is 2.47. The van der Waals surface area contributed by atoms with E-state index in [0.29, 0.717) is 0 Å². The van der Waals surface area contributed by atoms with Gasteiger partial charge in [-0.15, -0.1) is 0 Å². The van der Waals surface area contributed by atoms with Gasteiger partial charge in [0, 0.05) is 12.6 Å². The second-order valence-electron chi connectivity index (χ2n) is 5.60. The number of carbonyl (C=O) groups is 1. The molecule has 0 saturated heterocycles. The third kappa shape index (κ3) is 3.80. The van der Waals surface area contributed by atoms with Crippen LogP contribution in [0, 0.1) is 11.8 Å². The van der Waals surface area contributed by atoms with Crippen LogP contribution in [-0.4, -0.2) is 12.5 Å². The molecule has 3 N–H and O–H groups in total. The molecule has 2 atom stereocenters. The maximum absolute atomic E-state index is 12.1. The first-order valence-corrected chi connectivity index (χ1v) is 7.26. The molecule has 0 heterocycles. The van der Waals surface area contributed by atoms with Gasteiger partial charge in [-0.1, -0.05) is 56.5 Å². The third-order valence-corrected chi connectivity index (χ3v) is 4.21. The molecule has 104 valence electrons. The number of hydrogen-bond donors (Lipinski definition) is 2. The highest BCUT2D eigenvalue weighted by Crippen LogP contribution is 2.28. The lowest BCUT2D eigenvalue weighted by molar-refractivity contribution is -0.125. The predicted octanol–water partition coefficient (Wildman–Crippen LogP) is 2.63. The molecule has 1 fully saturated rings. The van der Waals surface area contributed by atoms with Gasteiger partial charge in [0.2, 0.25) is 5.91 Å². The van der Waals surface area contributed by atoms with Crippen molar-refractivity contribution in [3.8, 4) is 0 Å². The largest absolute Gasteiger partial charge is 0.356 e. The summed E-state index contributed by atoms with van der Waals surface area (Å²) in [5, 5.41) is 3.01. The van der Waals surface area contributed by atoms with Crippen LogP contribution in [0.25, 0.3) is 0 Å². The molecule has 1 aromatic carbocycles. The molecule has 2 rings (SSSR count). The summed E-state index contributed by atoms with van der Waals surface area (Å²) in [7, 11) is 0. The van der Waals surface area contributed by atoms with Crippen molar-refractivity contribution in [2.45, 2.75) is 38.6 Å². The summed E-state index contributed by atoms with van der Waals surface area (Å²) < 4.78 is 0. The molecule has 3 heteroatoms. The van der Waals surface area contributed by atoms with Crippen LogP contribution in [0.15, 0.2) is 30.3 Å². The summed E-state index contributed by atoms with van der Waals surface area (Å²) in [6.45, 7) is 2.69. The van der Waals surface area contributed by atoms with E-state index in [4.69, 9.17) is 5.73 Å². The lowest BCUT2D eigenvalue weighted by Gasteiger charge is -2.26. The molecule has 1 aromatic rings. The smallest absolute Gasteiger partial charge is 0.224 e. The fourth-order valence-corrected chi connectivity index (χ4v) is 2.47. The topological polar surface area (TPSA) is 55.1 Å². The minimum atomic E-state index is -0.232. The lowest BCUT2D eigenvalue weighted by Crippen LogP contribution is -2.36. The lowest BCUT2D eigenvalue weighted by atomic mass is 9.83. The Morgan fingerprint density at radius 3 is 2.63 bits per heavy atom. The Hall–Kier alpha value is -1.35. The SMILES string of the molecule is CC(C(=O)NCCC1CCC1)C(N)c1ccccc1. The second kappa shape index (κ2) is 6.71. The van der Waals surface area contributed by atoms with Gasteiger partial charge in [-0.25, -0.2) is 0 Å². The number of carbonyl (C=O) groups excluding carboxylic acids is 1. The zero-order valence-electron chi connectivity index (χ0n) is 11.6. The fraction of sp³-hybridized carbons (Fsp3) is 0.562. The van der Waals surface area contributed by atoms with E-state index >= 15 is 0 Å². The molecular weight excluding hydrogens is 236 g/mol. The summed E-state index contributed by atoms with van der Waals surface area (Å²) in [6.07, 6.45) is 5.12. The molecule has 1 aliphatic rings. The number of amides is 1. The Balaban J connectivity index is 1.77.